The van der Waals surface area contributed by atoms with Crippen LogP contribution < -0.4 is 28.7 Å². The van der Waals surface area contributed by atoms with Crippen molar-refractivity contribution in [3.8, 4) is 23.0 Å². The molecule has 1 heterocycles. The summed E-state index contributed by atoms with van der Waals surface area (Å²) < 4.78 is 47.0. The number of carbonyl (C=O) groups excluding carboxylic acids is 1. The van der Waals surface area contributed by atoms with Crippen LogP contribution in [0.25, 0.3) is 0 Å². The normalized spacial score (nSPS) is 15.7. The number of sulfonamides is 1. The minimum Gasteiger partial charge on any atom is -0.493 e. The van der Waals surface area contributed by atoms with Crippen molar-refractivity contribution < 1.29 is 32.2 Å². The van der Waals surface area contributed by atoms with Gasteiger partial charge in [-0.2, -0.15) is 5.10 Å². The molecule has 0 saturated heterocycles. The molecule has 0 saturated carbocycles. The Morgan fingerprint density at radius 3 is 2.41 bits per heavy atom. The predicted molar refractivity (Wildman–Crippen MR) is 120 cm³/mol. The Kier molecular flexibility index (Phi) is 6.99. The lowest BCUT2D eigenvalue weighted by Crippen LogP contribution is -2.49. The summed E-state index contributed by atoms with van der Waals surface area (Å²) in [6.45, 7) is -0.224. The second-order valence-electron chi connectivity index (χ2n) is 6.71. The number of hydrogen-bond acceptors (Lipinski definition) is 8. The molecule has 0 spiro atoms. The number of benzene rings is 2. The molecular formula is C20H22ClN3O7S. The molecule has 172 valence electrons. The summed E-state index contributed by atoms with van der Waals surface area (Å²) in [5, 5.41) is 4.28. The maximum atomic E-state index is 12.6. The van der Waals surface area contributed by atoms with E-state index in [9.17, 15) is 13.2 Å². The monoisotopic (exact) mass is 483 g/mol. The molecule has 1 aliphatic heterocycles. The highest BCUT2D eigenvalue weighted by molar-refractivity contribution is 7.92. The van der Waals surface area contributed by atoms with Gasteiger partial charge in [-0.3, -0.25) is 9.10 Å². The Morgan fingerprint density at radius 2 is 1.84 bits per heavy atom. The van der Waals surface area contributed by atoms with Gasteiger partial charge in [-0.1, -0.05) is 11.6 Å². The van der Waals surface area contributed by atoms with Crippen LogP contribution in [0.1, 0.15) is 5.56 Å². The van der Waals surface area contributed by atoms with Crippen LogP contribution in [0.4, 0.5) is 5.69 Å². The molecule has 1 atom stereocenters. The summed E-state index contributed by atoms with van der Waals surface area (Å²) in [5.74, 6) is 0.873. The predicted octanol–water partition coefficient (Wildman–Crippen LogP) is 2.04. The molecule has 1 N–H and O–H groups in total. The second-order valence-corrected chi connectivity index (χ2v) is 9.05. The van der Waals surface area contributed by atoms with Crippen molar-refractivity contribution in [2.24, 2.45) is 5.10 Å². The zero-order chi connectivity index (χ0) is 23.5. The number of carbonyl (C=O) groups is 1. The van der Waals surface area contributed by atoms with E-state index in [1.807, 2.05) is 0 Å². The van der Waals surface area contributed by atoms with Gasteiger partial charge in [0, 0.05) is 10.6 Å². The van der Waals surface area contributed by atoms with E-state index in [-0.39, 0.29) is 18.0 Å². The molecule has 0 fully saturated rings. The van der Waals surface area contributed by atoms with Crippen molar-refractivity contribution in [2.45, 2.75) is 6.10 Å². The molecule has 12 heteroatoms. The lowest BCUT2D eigenvalue weighted by Gasteiger charge is -2.33. The van der Waals surface area contributed by atoms with Crippen molar-refractivity contribution in [3.05, 3.63) is 40.9 Å². The summed E-state index contributed by atoms with van der Waals surface area (Å²) in [5.41, 5.74) is 3.20. The van der Waals surface area contributed by atoms with Crippen LogP contribution in [0, 0.1) is 0 Å². The van der Waals surface area contributed by atoms with Gasteiger partial charge >= 0.3 is 0 Å². The van der Waals surface area contributed by atoms with Crippen molar-refractivity contribution in [2.75, 3.05) is 38.4 Å². The van der Waals surface area contributed by atoms with E-state index >= 15 is 0 Å². The van der Waals surface area contributed by atoms with Gasteiger partial charge in [-0.15, -0.1) is 0 Å². The van der Waals surface area contributed by atoms with Crippen molar-refractivity contribution in [1.82, 2.24) is 5.43 Å². The van der Waals surface area contributed by atoms with Gasteiger partial charge < -0.3 is 18.9 Å². The quantitative estimate of drug-likeness (QED) is 0.473. The molecule has 1 aliphatic rings. The number of fused-ring (bicyclic) bond motifs is 1. The largest absolute Gasteiger partial charge is 0.493 e. The fraction of sp³-hybridized carbons (Fsp3) is 0.300. The average Bonchev–Trinajstić information content (AvgIpc) is 2.76. The third-order valence-electron chi connectivity index (χ3n) is 4.56. The van der Waals surface area contributed by atoms with Crippen LogP contribution in [-0.2, 0) is 14.8 Å². The van der Waals surface area contributed by atoms with Gasteiger partial charge in [0.2, 0.25) is 15.8 Å². The first-order valence-electron chi connectivity index (χ1n) is 9.24. The van der Waals surface area contributed by atoms with Gasteiger partial charge in [-0.25, -0.2) is 13.8 Å². The minimum atomic E-state index is -3.67. The summed E-state index contributed by atoms with van der Waals surface area (Å²) in [6.07, 6.45) is 1.31. The van der Waals surface area contributed by atoms with Crippen molar-refractivity contribution >= 4 is 39.4 Å². The summed E-state index contributed by atoms with van der Waals surface area (Å²) >= 11 is 5.98. The number of amides is 1. The Hall–Kier alpha value is -3.18. The van der Waals surface area contributed by atoms with E-state index in [2.05, 4.69) is 10.5 Å². The molecule has 0 bridgehead atoms. The summed E-state index contributed by atoms with van der Waals surface area (Å²) in [4.78, 5) is 12.6. The van der Waals surface area contributed by atoms with Gasteiger partial charge in [-0.05, 0) is 30.3 Å². The third kappa shape index (κ3) is 5.00. The molecule has 3 rings (SSSR count). The summed E-state index contributed by atoms with van der Waals surface area (Å²) in [6, 6.07) is 7.83. The Labute approximate surface area is 190 Å². The number of hydrogen-bond donors (Lipinski definition) is 1. The first-order valence-corrected chi connectivity index (χ1v) is 11.5. The number of anilines is 1. The van der Waals surface area contributed by atoms with Crippen LogP contribution in [-0.4, -0.2) is 60.8 Å². The van der Waals surface area contributed by atoms with E-state index in [1.54, 1.807) is 18.2 Å². The molecule has 0 aliphatic carbocycles. The van der Waals surface area contributed by atoms with E-state index in [0.717, 1.165) is 10.6 Å². The molecule has 32 heavy (non-hydrogen) atoms. The number of ether oxygens (including phenoxy) is 4. The highest BCUT2D eigenvalue weighted by Crippen LogP contribution is 2.38. The second kappa shape index (κ2) is 9.53. The average molecular weight is 484 g/mol. The molecular weight excluding hydrogens is 462 g/mol. The van der Waals surface area contributed by atoms with E-state index in [0.29, 0.717) is 27.8 Å². The molecule has 0 aromatic heterocycles. The molecule has 10 nitrogen and oxygen atoms in total. The van der Waals surface area contributed by atoms with Crippen LogP contribution >= 0.6 is 11.6 Å². The van der Waals surface area contributed by atoms with Crippen molar-refractivity contribution in [3.63, 3.8) is 0 Å². The smallest absolute Gasteiger partial charge is 0.283 e. The van der Waals surface area contributed by atoms with Crippen molar-refractivity contribution in [1.29, 1.82) is 0 Å². The van der Waals surface area contributed by atoms with Gasteiger partial charge in [0.05, 0.1) is 46.0 Å². The van der Waals surface area contributed by atoms with E-state index < -0.39 is 22.0 Å². The number of nitrogens with zero attached hydrogens (tertiary/aromatic N) is 2. The highest BCUT2D eigenvalue weighted by atomic mass is 35.5. The van der Waals surface area contributed by atoms with Gasteiger partial charge in [0.15, 0.2) is 17.6 Å². The highest BCUT2D eigenvalue weighted by Gasteiger charge is 2.35. The maximum absolute atomic E-state index is 12.6. The number of hydrazone groups is 1. The van der Waals surface area contributed by atoms with E-state index in [1.165, 1.54) is 39.7 Å². The number of rotatable bonds is 7. The summed E-state index contributed by atoms with van der Waals surface area (Å²) in [7, 11) is 0.789. The fourth-order valence-corrected chi connectivity index (χ4v) is 4.17. The van der Waals surface area contributed by atoms with Crippen LogP contribution in [0.5, 0.6) is 23.0 Å². The van der Waals surface area contributed by atoms with Gasteiger partial charge in [0.1, 0.15) is 5.75 Å². The minimum absolute atomic E-state index is 0.222. The Balaban J connectivity index is 1.78. The number of halogens is 1. The first-order chi connectivity index (χ1) is 15.2. The molecule has 1 amide bonds. The molecule has 0 radical (unpaired) electrons. The Morgan fingerprint density at radius 1 is 1.19 bits per heavy atom. The topological polar surface area (TPSA) is 116 Å². The number of methoxy groups -OCH3 is 3. The van der Waals surface area contributed by atoms with Crippen LogP contribution in [0.3, 0.4) is 0 Å². The van der Waals surface area contributed by atoms with Crippen LogP contribution in [0.2, 0.25) is 5.02 Å². The zero-order valence-corrected chi connectivity index (χ0v) is 19.4. The standard InChI is InChI=1S/C20H22ClN3O7S/c1-28-16-7-12(8-17(29-2)19(16)30-3)10-22-23-20(25)18-11-24(32(4,26)27)14-9-13(21)5-6-15(14)31-18/h5-10,18H,11H2,1-4H3,(H,23,25)/b22-10-. The zero-order valence-electron chi connectivity index (χ0n) is 17.8. The molecule has 1 unspecified atom stereocenters. The Bertz CT molecular complexity index is 1130. The van der Waals surface area contributed by atoms with Gasteiger partial charge in [0.25, 0.3) is 5.91 Å². The lowest BCUT2D eigenvalue weighted by atomic mass is 10.2. The lowest BCUT2D eigenvalue weighted by molar-refractivity contribution is -0.127. The molecule has 2 aromatic rings. The SMILES string of the molecule is COc1cc(/C=N\NC(=O)C2CN(S(C)(=O)=O)c3cc(Cl)ccc3O2)cc(OC)c1OC. The fourth-order valence-electron chi connectivity index (χ4n) is 3.09. The first kappa shape index (κ1) is 23.5. The number of nitrogens with one attached hydrogen (secondary N) is 1. The van der Waals surface area contributed by atoms with Crippen LogP contribution in [0.15, 0.2) is 35.4 Å². The molecule has 2 aromatic carbocycles. The van der Waals surface area contributed by atoms with E-state index in [4.69, 9.17) is 30.5 Å². The third-order valence-corrected chi connectivity index (χ3v) is 5.94. The maximum Gasteiger partial charge on any atom is 0.283 e.